The first-order chi connectivity index (χ1) is 7.65. The molecule has 0 rings (SSSR count). The summed E-state index contributed by atoms with van der Waals surface area (Å²) < 4.78 is 0. The van der Waals surface area contributed by atoms with Gasteiger partial charge in [0.25, 0.3) is 0 Å². The largest absolute Gasteiger partial charge is 0.503 e. The summed E-state index contributed by atoms with van der Waals surface area (Å²) in [5.41, 5.74) is 0. The third kappa shape index (κ3) is 29.2. The van der Waals surface area contributed by atoms with Crippen molar-refractivity contribution in [2.24, 2.45) is 0 Å². The fraction of sp³-hybridized carbons (Fsp3) is 0.917. The van der Waals surface area contributed by atoms with Gasteiger partial charge in [-0.25, -0.2) is 4.79 Å². The molecule has 0 radical (unpaired) electrons. The number of rotatable bonds is 9. The molecule has 98 valence electrons. The summed E-state index contributed by atoms with van der Waals surface area (Å²) in [6.07, 6.45) is 11.0. The van der Waals surface area contributed by atoms with Crippen LogP contribution >= 0.6 is 15.9 Å². The Morgan fingerprint density at radius 3 is 1.50 bits per heavy atom. The lowest BCUT2D eigenvalue weighted by Gasteiger charge is -1.99. The van der Waals surface area contributed by atoms with Crippen LogP contribution in [-0.4, -0.2) is 21.7 Å². The number of alkyl halides is 1. The predicted molar refractivity (Wildman–Crippen MR) is 71.7 cm³/mol. The molecule has 0 aliphatic carbocycles. The van der Waals surface area contributed by atoms with Crippen LogP contribution in [-0.2, 0) is 0 Å². The van der Waals surface area contributed by atoms with Crippen LogP contribution in [0.3, 0.4) is 0 Å². The van der Waals surface area contributed by atoms with Crippen molar-refractivity contribution in [1.29, 1.82) is 0 Å². The Bertz CT molecular complexity index is 126. The van der Waals surface area contributed by atoms with Crippen LogP contribution in [0.15, 0.2) is 0 Å². The minimum Gasteiger partial charge on any atom is -0.450 e. The van der Waals surface area contributed by atoms with E-state index in [9.17, 15) is 0 Å². The second-order valence-corrected chi connectivity index (χ2v) is 4.59. The molecule has 0 heterocycles. The number of halogens is 1. The van der Waals surface area contributed by atoms with Crippen LogP contribution in [0.2, 0.25) is 0 Å². The van der Waals surface area contributed by atoms with Gasteiger partial charge in [0.1, 0.15) is 0 Å². The minimum atomic E-state index is -1.83. The van der Waals surface area contributed by atoms with Crippen molar-refractivity contribution in [3.05, 3.63) is 0 Å². The van der Waals surface area contributed by atoms with Crippen molar-refractivity contribution in [2.75, 3.05) is 5.33 Å². The smallest absolute Gasteiger partial charge is 0.450 e. The summed E-state index contributed by atoms with van der Waals surface area (Å²) in [6.45, 7) is 2.27. The van der Waals surface area contributed by atoms with Gasteiger partial charge in [0.2, 0.25) is 0 Å². The fourth-order valence-electron chi connectivity index (χ4n) is 1.41. The Hall–Kier alpha value is -0.250. The van der Waals surface area contributed by atoms with E-state index < -0.39 is 6.16 Å². The molecule has 3 nitrogen and oxygen atoms in total. The summed E-state index contributed by atoms with van der Waals surface area (Å²) in [7, 11) is 0. The molecule has 4 heteroatoms. The Labute approximate surface area is 107 Å². The van der Waals surface area contributed by atoms with E-state index in [0.717, 1.165) is 0 Å². The van der Waals surface area contributed by atoms with Gasteiger partial charge in [0.05, 0.1) is 0 Å². The summed E-state index contributed by atoms with van der Waals surface area (Å²) in [6, 6.07) is 0. The molecular weight excluding hydrogens is 272 g/mol. The summed E-state index contributed by atoms with van der Waals surface area (Å²) in [5, 5.41) is 15.1. The van der Waals surface area contributed by atoms with Gasteiger partial charge in [0.15, 0.2) is 0 Å². The summed E-state index contributed by atoms with van der Waals surface area (Å²) >= 11 is 3.45. The lowest BCUT2D eigenvalue weighted by molar-refractivity contribution is 0.137. The molecule has 0 unspecified atom stereocenters. The van der Waals surface area contributed by atoms with Crippen molar-refractivity contribution in [3.63, 3.8) is 0 Å². The molecule has 2 N–H and O–H groups in total. The highest BCUT2D eigenvalue weighted by molar-refractivity contribution is 9.09. The SMILES string of the molecule is CCCCCCCCCCCBr.O=C(O)O. The van der Waals surface area contributed by atoms with Crippen LogP contribution in [0.25, 0.3) is 0 Å². The second kappa shape index (κ2) is 17.2. The van der Waals surface area contributed by atoms with E-state index in [1.807, 2.05) is 0 Å². The molecule has 0 aromatic heterocycles. The highest BCUT2D eigenvalue weighted by atomic mass is 79.9. The minimum absolute atomic E-state index is 1.18. The molecule has 0 aliphatic heterocycles. The Morgan fingerprint density at radius 1 is 0.875 bits per heavy atom. The van der Waals surface area contributed by atoms with E-state index in [1.165, 1.54) is 63.1 Å². The lowest BCUT2D eigenvalue weighted by atomic mass is 10.1. The molecule has 0 aromatic rings. The molecule has 0 amide bonds. The van der Waals surface area contributed by atoms with E-state index >= 15 is 0 Å². The zero-order chi connectivity index (χ0) is 12.6. The monoisotopic (exact) mass is 296 g/mol. The zero-order valence-corrected chi connectivity index (χ0v) is 11.8. The number of hydrogen-bond acceptors (Lipinski definition) is 1. The normalized spacial score (nSPS) is 9.38. The number of unbranched alkanes of at least 4 members (excludes halogenated alkanes) is 8. The Morgan fingerprint density at radius 2 is 1.19 bits per heavy atom. The standard InChI is InChI=1S/C11H23Br.CH2O3/c1-2-3-4-5-6-7-8-9-10-11-12;2-1(3)4/h2-11H2,1H3;(H2,2,3,4). The maximum Gasteiger partial charge on any atom is 0.503 e. The molecule has 0 aromatic carbocycles. The van der Waals surface area contributed by atoms with Crippen molar-refractivity contribution < 1.29 is 15.0 Å². The average Bonchev–Trinajstić information content (AvgIpc) is 2.21. The van der Waals surface area contributed by atoms with Crippen molar-refractivity contribution in [1.82, 2.24) is 0 Å². The van der Waals surface area contributed by atoms with Gasteiger partial charge < -0.3 is 10.2 Å². The molecule has 0 atom stereocenters. The zero-order valence-electron chi connectivity index (χ0n) is 10.3. The molecule has 16 heavy (non-hydrogen) atoms. The molecule has 0 bridgehead atoms. The molecule has 0 aliphatic rings. The maximum atomic E-state index is 8.56. The topological polar surface area (TPSA) is 57.5 Å². The van der Waals surface area contributed by atoms with Gasteiger partial charge in [-0.3, -0.25) is 0 Å². The van der Waals surface area contributed by atoms with Crippen molar-refractivity contribution in [3.8, 4) is 0 Å². The third-order valence-electron chi connectivity index (χ3n) is 2.24. The van der Waals surface area contributed by atoms with E-state index in [1.54, 1.807) is 0 Å². The van der Waals surface area contributed by atoms with Crippen LogP contribution in [0.4, 0.5) is 4.79 Å². The molecular formula is C12H25BrO3. The first-order valence-corrected chi connectivity index (χ1v) is 7.25. The molecule has 0 saturated carbocycles. The highest BCUT2D eigenvalue weighted by Gasteiger charge is 1.90. The van der Waals surface area contributed by atoms with E-state index in [2.05, 4.69) is 22.9 Å². The fourth-order valence-corrected chi connectivity index (χ4v) is 1.80. The first-order valence-electron chi connectivity index (χ1n) is 6.13. The van der Waals surface area contributed by atoms with Crippen LogP contribution < -0.4 is 0 Å². The van der Waals surface area contributed by atoms with E-state index in [-0.39, 0.29) is 0 Å². The van der Waals surface area contributed by atoms with Crippen molar-refractivity contribution >= 4 is 22.1 Å². The third-order valence-corrected chi connectivity index (χ3v) is 2.80. The first kappa shape index (κ1) is 18.1. The lowest BCUT2D eigenvalue weighted by Crippen LogP contribution is -1.81. The predicted octanol–water partition coefficient (Wildman–Crippen LogP) is 5.13. The van der Waals surface area contributed by atoms with Gasteiger partial charge in [0, 0.05) is 5.33 Å². The Balaban J connectivity index is 0. The van der Waals surface area contributed by atoms with Gasteiger partial charge in [-0.05, 0) is 6.42 Å². The maximum absolute atomic E-state index is 8.56. The van der Waals surface area contributed by atoms with Crippen LogP contribution in [0.1, 0.15) is 64.7 Å². The molecule has 0 fully saturated rings. The number of carbonyl (C=O) groups is 1. The quantitative estimate of drug-likeness (QED) is 0.458. The summed E-state index contributed by atoms with van der Waals surface area (Å²) in [5.74, 6) is 0. The van der Waals surface area contributed by atoms with E-state index in [0.29, 0.717) is 0 Å². The Kier molecular flexibility index (Phi) is 19.4. The van der Waals surface area contributed by atoms with E-state index in [4.69, 9.17) is 15.0 Å². The van der Waals surface area contributed by atoms with Crippen LogP contribution in [0.5, 0.6) is 0 Å². The average molecular weight is 297 g/mol. The molecule has 0 spiro atoms. The summed E-state index contributed by atoms with van der Waals surface area (Å²) in [4.78, 5) is 8.56. The van der Waals surface area contributed by atoms with Gasteiger partial charge in [-0.1, -0.05) is 74.2 Å². The molecule has 0 saturated heterocycles. The number of carboxylic acid groups (broad SMARTS) is 2. The van der Waals surface area contributed by atoms with Gasteiger partial charge in [-0.2, -0.15) is 0 Å². The number of hydrogen-bond donors (Lipinski definition) is 2. The van der Waals surface area contributed by atoms with Gasteiger partial charge in [-0.15, -0.1) is 0 Å². The highest BCUT2D eigenvalue weighted by Crippen LogP contribution is 2.09. The van der Waals surface area contributed by atoms with Gasteiger partial charge >= 0.3 is 6.16 Å². The second-order valence-electron chi connectivity index (χ2n) is 3.80. The van der Waals surface area contributed by atoms with Crippen molar-refractivity contribution in [2.45, 2.75) is 64.7 Å². The van der Waals surface area contributed by atoms with Crippen LogP contribution in [0, 0.1) is 0 Å².